The Labute approximate surface area is 116 Å². The molecule has 0 atom stereocenters. The van der Waals surface area contributed by atoms with Crippen LogP contribution < -0.4 is 5.32 Å². The van der Waals surface area contributed by atoms with Crippen LogP contribution in [0.2, 0.25) is 5.02 Å². The van der Waals surface area contributed by atoms with Crippen LogP contribution in [0.25, 0.3) is 0 Å². The van der Waals surface area contributed by atoms with Crippen molar-refractivity contribution in [1.82, 2.24) is 9.88 Å². The Morgan fingerprint density at radius 3 is 2.50 bits per heavy atom. The predicted molar refractivity (Wildman–Crippen MR) is 79.2 cm³/mol. The first kappa shape index (κ1) is 15.3. The molecule has 0 unspecified atom stereocenters. The summed E-state index contributed by atoms with van der Waals surface area (Å²) in [5.74, 6) is 0.898. The standard InChI is InChI=1S/C14H24ClN3/c1-5-11(6-2)18(4)10-13-12(15)8-9-14(17-13)16-7-3/h8-9,11H,5-7,10H2,1-4H3,(H,16,17). The van der Waals surface area contributed by atoms with E-state index in [1.807, 2.05) is 12.1 Å². The minimum absolute atomic E-state index is 0.589. The Bertz CT molecular complexity index is 364. The van der Waals surface area contributed by atoms with E-state index in [0.717, 1.165) is 42.5 Å². The summed E-state index contributed by atoms with van der Waals surface area (Å²) in [5, 5.41) is 3.96. The van der Waals surface area contributed by atoms with E-state index in [4.69, 9.17) is 11.6 Å². The molecule has 0 aliphatic heterocycles. The topological polar surface area (TPSA) is 28.2 Å². The van der Waals surface area contributed by atoms with Gasteiger partial charge in [0.15, 0.2) is 0 Å². The van der Waals surface area contributed by atoms with Gasteiger partial charge in [0.1, 0.15) is 5.82 Å². The average molecular weight is 270 g/mol. The molecule has 0 aliphatic rings. The van der Waals surface area contributed by atoms with Gasteiger partial charge >= 0.3 is 0 Å². The largest absolute Gasteiger partial charge is 0.370 e. The fraction of sp³-hybridized carbons (Fsp3) is 0.643. The first-order valence-electron chi connectivity index (χ1n) is 6.71. The molecule has 0 saturated heterocycles. The molecule has 4 heteroatoms. The third-order valence-corrected chi connectivity index (χ3v) is 3.59. The van der Waals surface area contributed by atoms with Crippen molar-refractivity contribution in [3.05, 3.63) is 22.8 Å². The van der Waals surface area contributed by atoms with E-state index >= 15 is 0 Å². The first-order valence-corrected chi connectivity index (χ1v) is 7.09. The monoisotopic (exact) mass is 269 g/mol. The highest BCUT2D eigenvalue weighted by molar-refractivity contribution is 6.31. The molecule has 1 aromatic rings. The molecule has 0 amide bonds. The fourth-order valence-electron chi connectivity index (χ4n) is 2.15. The minimum Gasteiger partial charge on any atom is -0.370 e. The second-order valence-electron chi connectivity index (χ2n) is 4.54. The summed E-state index contributed by atoms with van der Waals surface area (Å²) in [6.45, 7) is 8.16. The number of hydrogen-bond donors (Lipinski definition) is 1. The van der Waals surface area contributed by atoms with Crippen LogP contribution in [0.1, 0.15) is 39.3 Å². The van der Waals surface area contributed by atoms with Gasteiger partial charge in [-0.1, -0.05) is 25.4 Å². The zero-order valence-corrected chi connectivity index (χ0v) is 12.6. The summed E-state index contributed by atoms with van der Waals surface area (Å²) in [7, 11) is 2.13. The lowest BCUT2D eigenvalue weighted by Crippen LogP contribution is -2.30. The zero-order valence-electron chi connectivity index (χ0n) is 11.8. The van der Waals surface area contributed by atoms with Crippen LogP contribution in [-0.4, -0.2) is 29.5 Å². The Kier molecular flexibility index (Phi) is 6.44. The molecule has 0 radical (unpaired) electrons. The van der Waals surface area contributed by atoms with Crippen LogP contribution >= 0.6 is 11.6 Å². The molecule has 0 saturated carbocycles. The Hall–Kier alpha value is -0.800. The highest BCUT2D eigenvalue weighted by Crippen LogP contribution is 2.19. The van der Waals surface area contributed by atoms with Crippen molar-refractivity contribution in [2.75, 3.05) is 18.9 Å². The summed E-state index contributed by atoms with van der Waals surface area (Å²) in [4.78, 5) is 6.89. The van der Waals surface area contributed by atoms with Gasteiger partial charge in [-0.15, -0.1) is 0 Å². The SMILES string of the molecule is CCNc1ccc(Cl)c(CN(C)C(CC)CC)n1. The molecule has 1 aromatic heterocycles. The molecular formula is C14H24ClN3. The summed E-state index contributed by atoms with van der Waals surface area (Å²) in [6.07, 6.45) is 2.30. The van der Waals surface area contributed by atoms with Gasteiger partial charge in [0.05, 0.1) is 10.7 Å². The van der Waals surface area contributed by atoms with E-state index in [-0.39, 0.29) is 0 Å². The minimum atomic E-state index is 0.589. The van der Waals surface area contributed by atoms with Crippen molar-refractivity contribution in [1.29, 1.82) is 0 Å². The molecule has 0 fully saturated rings. The van der Waals surface area contributed by atoms with E-state index in [1.165, 1.54) is 0 Å². The van der Waals surface area contributed by atoms with Gasteiger partial charge in [-0.05, 0) is 38.9 Å². The number of rotatable bonds is 7. The normalized spacial score (nSPS) is 11.3. The molecular weight excluding hydrogens is 246 g/mol. The van der Waals surface area contributed by atoms with Crippen LogP contribution in [0, 0.1) is 0 Å². The van der Waals surface area contributed by atoms with Gasteiger partial charge < -0.3 is 5.32 Å². The Balaban J connectivity index is 2.79. The van der Waals surface area contributed by atoms with Gasteiger partial charge in [0.2, 0.25) is 0 Å². The lowest BCUT2D eigenvalue weighted by Gasteiger charge is -2.26. The summed E-state index contributed by atoms with van der Waals surface area (Å²) >= 11 is 6.21. The van der Waals surface area contributed by atoms with Crippen molar-refractivity contribution in [2.24, 2.45) is 0 Å². The molecule has 1 heterocycles. The molecule has 1 rings (SSSR count). The molecule has 3 nitrogen and oxygen atoms in total. The molecule has 0 aromatic carbocycles. The van der Waals surface area contributed by atoms with Crippen molar-refractivity contribution in [3.63, 3.8) is 0 Å². The van der Waals surface area contributed by atoms with E-state index in [0.29, 0.717) is 6.04 Å². The number of anilines is 1. The molecule has 102 valence electrons. The van der Waals surface area contributed by atoms with E-state index in [2.05, 4.69) is 43.0 Å². The number of aromatic nitrogens is 1. The number of nitrogens with one attached hydrogen (secondary N) is 1. The van der Waals surface area contributed by atoms with Crippen LogP contribution in [0.4, 0.5) is 5.82 Å². The van der Waals surface area contributed by atoms with Gasteiger partial charge in [0, 0.05) is 19.1 Å². The summed E-state index contributed by atoms with van der Waals surface area (Å²) in [6, 6.07) is 4.43. The number of halogens is 1. The maximum Gasteiger partial charge on any atom is 0.126 e. The highest BCUT2D eigenvalue weighted by atomic mass is 35.5. The van der Waals surface area contributed by atoms with Crippen LogP contribution in [0.15, 0.2) is 12.1 Å². The van der Waals surface area contributed by atoms with Gasteiger partial charge in [-0.25, -0.2) is 4.98 Å². The number of hydrogen-bond acceptors (Lipinski definition) is 3. The predicted octanol–water partition coefficient (Wildman–Crippen LogP) is 3.79. The Morgan fingerprint density at radius 1 is 1.28 bits per heavy atom. The summed E-state index contributed by atoms with van der Waals surface area (Å²) in [5.41, 5.74) is 0.949. The van der Waals surface area contributed by atoms with Crippen LogP contribution in [0.5, 0.6) is 0 Å². The van der Waals surface area contributed by atoms with Crippen molar-refractivity contribution in [3.8, 4) is 0 Å². The van der Waals surface area contributed by atoms with E-state index < -0.39 is 0 Å². The second-order valence-corrected chi connectivity index (χ2v) is 4.95. The second kappa shape index (κ2) is 7.59. The maximum absolute atomic E-state index is 6.21. The molecule has 0 spiro atoms. The van der Waals surface area contributed by atoms with Crippen molar-refractivity contribution >= 4 is 17.4 Å². The first-order chi connectivity index (χ1) is 8.62. The van der Waals surface area contributed by atoms with Gasteiger partial charge in [-0.3, -0.25) is 4.90 Å². The van der Waals surface area contributed by atoms with Gasteiger partial charge in [0.25, 0.3) is 0 Å². The molecule has 0 aliphatic carbocycles. The Morgan fingerprint density at radius 2 is 1.94 bits per heavy atom. The maximum atomic E-state index is 6.21. The lowest BCUT2D eigenvalue weighted by atomic mass is 10.1. The average Bonchev–Trinajstić information content (AvgIpc) is 2.35. The fourth-order valence-corrected chi connectivity index (χ4v) is 2.32. The molecule has 0 bridgehead atoms. The quantitative estimate of drug-likeness (QED) is 0.816. The highest BCUT2D eigenvalue weighted by Gasteiger charge is 2.13. The number of nitrogens with zero attached hydrogens (tertiary/aromatic N) is 2. The number of pyridine rings is 1. The third kappa shape index (κ3) is 4.14. The summed E-state index contributed by atoms with van der Waals surface area (Å²) < 4.78 is 0. The van der Waals surface area contributed by atoms with Crippen LogP contribution in [0.3, 0.4) is 0 Å². The third-order valence-electron chi connectivity index (χ3n) is 3.24. The van der Waals surface area contributed by atoms with Gasteiger partial charge in [-0.2, -0.15) is 0 Å². The zero-order chi connectivity index (χ0) is 13.5. The van der Waals surface area contributed by atoms with Crippen molar-refractivity contribution < 1.29 is 0 Å². The molecule has 18 heavy (non-hydrogen) atoms. The lowest BCUT2D eigenvalue weighted by molar-refractivity contribution is 0.219. The van der Waals surface area contributed by atoms with E-state index in [9.17, 15) is 0 Å². The smallest absolute Gasteiger partial charge is 0.126 e. The van der Waals surface area contributed by atoms with Crippen molar-refractivity contribution in [2.45, 2.75) is 46.2 Å². The van der Waals surface area contributed by atoms with E-state index in [1.54, 1.807) is 0 Å². The molecule has 1 N–H and O–H groups in total. The van der Waals surface area contributed by atoms with Crippen LogP contribution in [-0.2, 0) is 6.54 Å².